The van der Waals surface area contributed by atoms with Gasteiger partial charge in [0, 0.05) is 11.1 Å². The smallest absolute Gasteiger partial charge is 0.545 e. The van der Waals surface area contributed by atoms with Crippen molar-refractivity contribution in [2.24, 2.45) is 0 Å². The Bertz CT molecular complexity index is 1080. The van der Waals surface area contributed by atoms with E-state index in [9.17, 15) is 19.8 Å². The van der Waals surface area contributed by atoms with Crippen LogP contribution < -0.4 is 19.7 Å². The average molecular weight is 451 g/mol. The van der Waals surface area contributed by atoms with Crippen molar-refractivity contribution in [1.29, 1.82) is 0 Å². The molecule has 0 aliphatic rings. The molecule has 4 aromatic rings. The molecule has 0 N–H and O–H groups in total. The Morgan fingerprint density at radius 1 is 0.485 bits per heavy atom. The molecule has 0 saturated carbocycles. The van der Waals surface area contributed by atoms with Gasteiger partial charge in [0.25, 0.3) is 0 Å². The van der Waals surface area contributed by atoms with Crippen LogP contribution in [0.3, 0.4) is 0 Å². The number of aromatic carboxylic acids is 2. The molecule has 6 nitrogen and oxygen atoms in total. The fourth-order valence-corrected chi connectivity index (χ4v) is 2.68. The molecular formula is C26H18MgO6. The first-order valence-electron chi connectivity index (χ1n) is 9.61. The van der Waals surface area contributed by atoms with Gasteiger partial charge in [0.05, 0.1) is 11.9 Å². The summed E-state index contributed by atoms with van der Waals surface area (Å²) in [4.78, 5) is 21.6. The molecule has 0 fully saturated rings. The van der Waals surface area contributed by atoms with E-state index in [0.29, 0.717) is 11.5 Å². The fourth-order valence-electron chi connectivity index (χ4n) is 2.68. The number of benzene rings is 4. The monoisotopic (exact) mass is 450 g/mol. The second-order valence-electron chi connectivity index (χ2n) is 6.40. The van der Waals surface area contributed by atoms with Gasteiger partial charge in [0.2, 0.25) is 0 Å². The molecule has 0 aliphatic carbocycles. The summed E-state index contributed by atoms with van der Waals surface area (Å²) < 4.78 is 10.9. The van der Waals surface area contributed by atoms with Crippen LogP contribution >= 0.6 is 0 Å². The third-order valence-electron chi connectivity index (χ3n) is 4.16. The van der Waals surface area contributed by atoms with Crippen molar-refractivity contribution >= 4 is 35.0 Å². The van der Waals surface area contributed by atoms with Gasteiger partial charge in [-0.05, 0) is 48.5 Å². The Hall–Kier alpha value is -3.81. The van der Waals surface area contributed by atoms with Crippen LogP contribution in [0.2, 0.25) is 0 Å². The van der Waals surface area contributed by atoms with Crippen LogP contribution in [0.4, 0.5) is 0 Å². The van der Waals surface area contributed by atoms with Gasteiger partial charge in [-0.25, -0.2) is 0 Å². The Morgan fingerprint density at radius 2 is 0.788 bits per heavy atom. The van der Waals surface area contributed by atoms with Crippen LogP contribution in [0, 0.1) is 0 Å². The molecule has 0 radical (unpaired) electrons. The van der Waals surface area contributed by atoms with Gasteiger partial charge in [-0.1, -0.05) is 60.7 Å². The molecule has 0 aromatic heterocycles. The summed E-state index contributed by atoms with van der Waals surface area (Å²) in [5.74, 6) is -0.729. The van der Waals surface area contributed by atoms with Gasteiger partial charge in [-0.3, -0.25) is 0 Å². The van der Waals surface area contributed by atoms with Crippen molar-refractivity contribution in [3.63, 3.8) is 0 Å². The van der Waals surface area contributed by atoms with Crippen LogP contribution in [0.5, 0.6) is 23.0 Å². The fraction of sp³-hybridized carbons (Fsp3) is 0. The van der Waals surface area contributed by atoms with Crippen LogP contribution in [0.25, 0.3) is 0 Å². The zero-order valence-corrected chi connectivity index (χ0v) is 19.0. The summed E-state index contributed by atoms with van der Waals surface area (Å²) in [6, 6.07) is 30.8. The minimum Gasteiger partial charge on any atom is -0.545 e. The van der Waals surface area contributed by atoms with E-state index in [0.717, 1.165) is 0 Å². The van der Waals surface area contributed by atoms with Gasteiger partial charge in [-0.15, -0.1) is 0 Å². The van der Waals surface area contributed by atoms with E-state index in [1.807, 2.05) is 36.4 Å². The van der Waals surface area contributed by atoms with Crippen LogP contribution in [-0.4, -0.2) is 35.0 Å². The van der Waals surface area contributed by atoms with Crippen molar-refractivity contribution in [3.8, 4) is 23.0 Å². The second-order valence-corrected chi connectivity index (χ2v) is 6.40. The molecule has 0 unspecified atom stereocenters. The molecule has 4 rings (SSSR count). The first kappa shape index (κ1) is 25.4. The van der Waals surface area contributed by atoms with Gasteiger partial charge >= 0.3 is 23.1 Å². The maximum absolute atomic E-state index is 10.8. The number of rotatable bonds is 6. The zero-order chi connectivity index (χ0) is 22.8. The topological polar surface area (TPSA) is 98.7 Å². The van der Waals surface area contributed by atoms with E-state index in [2.05, 4.69) is 0 Å². The number of hydrogen-bond acceptors (Lipinski definition) is 6. The molecule has 0 atom stereocenters. The first-order chi connectivity index (χ1) is 15.5. The molecule has 0 spiro atoms. The molecule has 0 bridgehead atoms. The zero-order valence-electron chi connectivity index (χ0n) is 17.5. The number of hydrogen-bond donors (Lipinski definition) is 0. The summed E-state index contributed by atoms with van der Waals surface area (Å²) in [7, 11) is 0. The Morgan fingerprint density at radius 3 is 1.12 bits per heavy atom. The summed E-state index contributed by atoms with van der Waals surface area (Å²) in [5.41, 5.74) is 0.0951. The average Bonchev–Trinajstić information content (AvgIpc) is 2.81. The molecule has 33 heavy (non-hydrogen) atoms. The SMILES string of the molecule is O=C([O-])c1ccccc1Oc1ccccc1.O=C([O-])c1ccccc1Oc1ccccc1.[Mg+2]. The number of carboxylic acids is 2. The number of ether oxygens (including phenoxy) is 2. The van der Waals surface area contributed by atoms with Crippen LogP contribution in [0.15, 0.2) is 109 Å². The van der Waals surface area contributed by atoms with Crippen molar-refractivity contribution in [1.82, 2.24) is 0 Å². The Labute approximate surface area is 207 Å². The predicted octanol–water partition coefficient (Wildman–Crippen LogP) is 3.30. The number of carboxylic acid groups (broad SMARTS) is 2. The number of carbonyl (C=O) groups excluding carboxylic acids is 2. The molecule has 0 amide bonds. The predicted molar refractivity (Wildman–Crippen MR) is 120 cm³/mol. The van der Waals surface area contributed by atoms with Crippen molar-refractivity contribution in [3.05, 3.63) is 120 Å². The first-order valence-corrected chi connectivity index (χ1v) is 9.61. The van der Waals surface area contributed by atoms with E-state index in [1.165, 1.54) is 12.1 Å². The van der Waals surface area contributed by atoms with Gasteiger partial charge in [0.15, 0.2) is 0 Å². The molecule has 4 aromatic carbocycles. The van der Waals surface area contributed by atoms with Crippen LogP contribution in [-0.2, 0) is 0 Å². The summed E-state index contributed by atoms with van der Waals surface area (Å²) in [5, 5.41) is 21.6. The maximum Gasteiger partial charge on any atom is 2.00 e. The van der Waals surface area contributed by atoms with Crippen molar-refractivity contribution < 1.29 is 29.3 Å². The third-order valence-corrected chi connectivity index (χ3v) is 4.16. The van der Waals surface area contributed by atoms with Gasteiger partial charge < -0.3 is 29.3 Å². The van der Waals surface area contributed by atoms with Crippen LogP contribution in [0.1, 0.15) is 20.7 Å². The summed E-state index contributed by atoms with van der Waals surface area (Å²) in [6.45, 7) is 0. The number of para-hydroxylation sites is 4. The van der Waals surface area contributed by atoms with Gasteiger partial charge in [-0.2, -0.15) is 0 Å². The van der Waals surface area contributed by atoms with Gasteiger partial charge in [0.1, 0.15) is 23.0 Å². The molecule has 160 valence electrons. The van der Waals surface area contributed by atoms with E-state index in [1.54, 1.807) is 60.7 Å². The summed E-state index contributed by atoms with van der Waals surface area (Å²) in [6.07, 6.45) is 0. The minimum atomic E-state index is -1.24. The Balaban J connectivity index is 0.000000227. The van der Waals surface area contributed by atoms with Crippen molar-refractivity contribution in [2.45, 2.75) is 0 Å². The largest absolute Gasteiger partial charge is 2.00 e. The minimum absolute atomic E-state index is 0. The molecule has 0 aliphatic heterocycles. The number of carbonyl (C=O) groups is 2. The van der Waals surface area contributed by atoms with E-state index < -0.39 is 11.9 Å². The quantitative estimate of drug-likeness (QED) is 0.418. The second kappa shape index (κ2) is 12.9. The van der Waals surface area contributed by atoms with E-state index in [4.69, 9.17) is 9.47 Å². The maximum atomic E-state index is 10.8. The standard InChI is InChI=1S/2C13H10O3.Mg/c2*14-13(15)11-8-4-5-9-12(11)16-10-6-2-1-3-7-10;/h2*1-9H,(H,14,15);/q;;+2/p-2. The molecule has 0 heterocycles. The molecule has 7 heteroatoms. The molecule has 0 saturated heterocycles. The van der Waals surface area contributed by atoms with Crippen molar-refractivity contribution in [2.75, 3.05) is 0 Å². The normalized spacial score (nSPS) is 9.45. The summed E-state index contributed by atoms with van der Waals surface area (Å²) >= 11 is 0. The third kappa shape index (κ3) is 7.67. The van der Waals surface area contributed by atoms with E-state index >= 15 is 0 Å². The van der Waals surface area contributed by atoms with E-state index in [-0.39, 0.29) is 45.7 Å². The molecular weight excluding hydrogens is 433 g/mol. The Kier molecular flexibility index (Phi) is 9.95.